The SMILES string of the molecule is CCN(C(=O)Nc1cc(C)ccc1F)C1CCOCC1. The highest BCUT2D eigenvalue weighted by Gasteiger charge is 2.24. The van der Waals surface area contributed by atoms with Crippen LogP contribution in [0.1, 0.15) is 25.3 Å². The van der Waals surface area contributed by atoms with Crippen molar-refractivity contribution < 1.29 is 13.9 Å². The van der Waals surface area contributed by atoms with Crippen molar-refractivity contribution >= 4 is 11.7 Å². The highest BCUT2D eigenvalue weighted by molar-refractivity contribution is 5.89. The van der Waals surface area contributed by atoms with E-state index in [-0.39, 0.29) is 17.8 Å². The van der Waals surface area contributed by atoms with E-state index in [9.17, 15) is 9.18 Å². The molecule has 0 aromatic heterocycles. The second kappa shape index (κ2) is 6.70. The second-order valence-electron chi connectivity index (χ2n) is 5.04. The standard InChI is InChI=1S/C15H21FN2O2/c1-3-18(12-6-8-20-9-7-12)15(19)17-14-10-11(2)4-5-13(14)16/h4-5,10,12H,3,6-9H2,1-2H3,(H,17,19). The zero-order chi connectivity index (χ0) is 14.5. The maximum Gasteiger partial charge on any atom is 0.322 e. The van der Waals surface area contributed by atoms with Gasteiger partial charge in [-0.3, -0.25) is 0 Å². The van der Waals surface area contributed by atoms with Crippen LogP contribution in [0.5, 0.6) is 0 Å². The summed E-state index contributed by atoms with van der Waals surface area (Å²) in [5.41, 5.74) is 1.15. The van der Waals surface area contributed by atoms with Crippen LogP contribution >= 0.6 is 0 Å². The van der Waals surface area contributed by atoms with Crippen molar-refractivity contribution in [1.82, 2.24) is 4.90 Å². The lowest BCUT2D eigenvalue weighted by Crippen LogP contribution is -2.45. The summed E-state index contributed by atoms with van der Waals surface area (Å²) in [6.07, 6.45) is 1.66. The minimum Gasteiger partial charge on any atom is -0.381 e. The van der Waals surface area contributed by atoms with Gasteiger partial charge in [0.2, 0.25) is 0 Å². The van der Waals surface area contributed by atoms with E-state index >= 15 is 0 Å². The average Bonchev–Trinajstić information content (AvgIpc) is 2.45. The highest BCUT2D eigenvalue weighted by Crippen LogP contribution is 2.19. The first-order chi connectivity index (χ1) is 9.61. The molecule has 2 rings (SSSR count). The predicted octanol–water partition coefficient (Wildman–Crippen LogP) is 3.17. The van der Waals surface area contributed by atoms with Crippen LogP contribution in [0.25, 0.3) is 0 Å². The minimum absolute atomic E-state index is 0.168. The van der Waals surface area contributed by atoms with Crippen LogP contribution in [-0.2, 0) is 4.74 Å². The van der Waals surface area contributed by atoms with Crippen LogP contribution in [-0.4, -0.2) is 36.7 Å². The number of ether oxygens (including phenoxy) is 1. The fraction of sp³-hybridized carbons (Fsp3) is 0.533. The molecule has 20 heavy (non-hydrogen) atoms. The largest absolute Gasteiger partial charge is 0.381 e. The first-order valence-electron chi connectivity index (χ1n) is 7.03. The number of benzene rings is 1. The molecule has 1 aromatic rings. The number of hydrogen-bond acceptors (Lipinski definition) is 2. The van der Waals surface area contributed by atoms with E-state index in [4.69, 9.17) is 4.74 Å². The Hall–Kier alpha value is -1.62. The normalized spacial score (nSPS) is 15.9. The molecule has 1 aromatic carbocycles. The van der Waals surface area contributed by atoms with Gasteiger partial charge in [0.1, 0.15) is 5.82 Å². The number of carbonyl (C=O) groups excluding carboxylic acids is 1. The van der Waals surface area contributed by atoms with Crippen LogP contribution in [0.3, 0.4) is 0 Å². The third-order valence-electron chi connectivity index (χ3n) is 3.60. The Morgan fingerprint density at radius 1 is 1.45 bits per heavy atom. The van der Waals surface area contributed by atoms with Gasteiger partial charge in [-0.15, -0.1) is 0 Å². The maximum absolute atomic E-state index is 13.7. The zero-order valence-corrected chi connectivity index (χ0v) is 12.0. The van der Waals surface area contributed by atoms with Crippen molar-refractivity contribution in [1.29, 1.82) is 0 Å². The Morgan fingerprint density at radius 3 is 2.80 bits per heavy atom. The molecule has 110 valence electrons. The Labute approximate surface area is 118 Å². The number of halogens is 1. The predicted molar refractivity (Wildman–Crippen MR) is 76.4 cm³/mol. The number of amides is 2. The number of nitrogens with zero attached hydrogens (tertiary/aromatic N) is 1. The lowest BCUT2D eigenvalue weighted by atomic mass is 10.1. The molecule has 5 heteroatoms. The molecule has 1 N–H and O–H groups in total. The summed E-state index contributed by atoms with van der Waals surface area (Å²) in [5, 5.41) is 2.67. The summed E-state index contributed by atoms with van der Waals surface area (Å²) < 4.78 is 19.0. The van der Waals surface area contributed by atoms with Crippen LogP contribution in [0.2, 0.25) is 0 Å². The third kappa shape index (κ3) is 3.48. The molecule has 0 aliphatic carbocycles. The van der Waals surface area contributed by atoms with E-state index < -0.39 is 5.82 Å². The Morgan fingerprint density at radius 2 is 2.15 bits per heavy atom. The molecule has 0 radical (unpaired) electrons. The monoisotopic (exact) mass is 280 g/mol. The van der Waals surface area contributed by atoms with Gasteiger partial charge in [0.05, 0.1) is 5.69 Å². The molecule has 1 fully saturated rings. The summed E-state index contributed by atoms with van der Waals surface area (Å²) in [7, 11) is 0. The van der Waals surface area contributed by atoms with Gasteiger partial charge in [-0.2, -0.15) is 0 Å². The molecule has 0 spiro atoms. The van der Waals surface area contributed by atoms with Crippen molar-refractivity contribution in [2.24, 2.45) is 0 Å². The van der Waals surface area contributed by atoms with Crippen LogP contribution in [0.15, 0.2) is 18.2 Å². The lowest BCUT2D eigenvalue weighted by Gasteiger charge is -2.33. The fourth-order valence-electron chi connectivity index (χ4n) is 2.49. The van der Waals surface area contributed by atoms with Gasteiger partial charge in [-0.25, -0.2) is 9.18 Å². The number of rotatable bonds is 3. The first kappa shape index (κ1) is 14.8. The van der Waals surface area contributed by atoms with Crippen LogP contribution < -0.4 is 5.32 Å². The molecule has 0 saturated carbocycles. The van der Waals surface area contributed by atoms with Crippen molar-refractivity contribution in [3.8, 4) is 0 Å². The molecule has 0 bridgehead atoms. The lowest BCUT2D eigenvalue weighted by molar-refractivity contribution is 0.0494. The Bertz CT molecular complexity index is 473. The number of anilines is 1. The zero-order valence-electron chi connectivity index (χ0n) is 12.0. The number of nitrogens with one attached hydrogen (secondary N) is 1. The number of hydrogen-bond donors (Lipinski definition) is 1. The van der Waals surface area contributed by atoms with E-state index in [1.165, 1.54) is 6.07 Å². The fourth-order valence-corrected chi connectivity index (χ4v) is 2.49. The molecule has 1 saturated heterocycles. The smallest absolute Gasteiger partial charge is 0.322 e. The average molecular weight is 280 g/mol. The number of urea groups is 1. The number of aryl methyl sites for hydroxylation is 1. The van der Waals surface area contributed by atoms with Gasteiger partial charge in [0, 0.05) is 25.8 Å². The van der Waals surface area contributed by atoms with Gasteiger partial charge in [-0.1, -0.05) is 6.07 Å². The van der Waals surface area contributed by atoms with Gasteiger partial charge in [-0.05, 0) is 44.4 Å². The van der Waals surface area contributed by atoms with E-state index in [1.807, 2.05) is 13.8 Å². The summed E-state index contributed by atoms with van der Waals surface area (Å²) in [5.74, 6) is -0.410. The van der Waals surface area contributed by atoms with E-state index in [1.54, 1.807) is 17.0 Å². The maximum atomic E-state index is 13.7. The van der Waals surface area contributed by atoms with Crippen LogP contribution in [0, 0.1) is 12.7 Å². The second-order valence-corrected chi connectivity index (χ2v) is 5.04. The van der Waals surface area contributed by atoms with E-state index in [0.717, 1.165) is 18.4 Å². The summed E-state index contributed by atoms with van der Waals surface area (Å²) in [4.78, 5) is 14.1. The minimum atomic E-state index is -0.410. The van der Waals surface area contributed by atoms with Gasteiger partial charge in [0.25, 0.3) is 0 Å². The third-order valence-corrected chi connectivity index (χ3v) is 3.60. The first-order valence-corrected chi connectivity index (χ1v) is 7.03. The van der Waals surface area contributed by atoms with Gasteiger partial charge in [0.15, 0.2) is 0 Å². The summed E-state index contributed by atoms with van der Waals surface area (Å²) in [6.45, 7) is 5.75. The topological polar surface area (TPSA) is 41.6 Å². The van der Waals surface area contributed by atoms with E-state index in [2.05, 4.69) is 5.32 Å². The van der Waals surface area contributed by atoms with Crippen molar-refractivity contribution in [2.45, 2.75) is 32.7 Å². The highest BCUT2D eigenvalue weighted by atomic mass is 19.1. The number of carbonyl (C=O) groups is 1. The molecule has 1 aliphatic heterocycles. The molecule has 0 atom stereocenters. The molecule has 2 amide bonds. The van der Waals surface area contributed by atoms with Crippen molar-refractivity contribution in [3.05, 3.63) is 29.6 Å². The molecule has 1 heterocycles. The molecule has 0 unspecified atom stereocenters. The Kier molecular flexibility index (Phi) is 4.95. The molecule has 4 nitrogen and oxygen atoms in total. The quantitative estimate of drug-likeness (QED) is 0.924. The van der Waals surface area contributed by atoms with Crippen molar-refractivity contribution in [2.75, 3.05) is 25.1 Å². The summed E-state index contributed by atoms with van der Waals surface area (Å²) in [6, 6.07) is 4.62. The molecular weight excluding hydrogens is 259 g/mol. The molecule has 1 aliphatic rings. The van der Waals surface area contributed by atoms with Crippen molar-refractivity contribution in [3.63, 3.8) is 0 Å². The van der Waals surface area contributed by atoms with Gasteiger partial charge < -0.3 is 15.0 Å². The van der Waals surface area contributed by atoms with E-state index in [0.29, 0.717) is 19.8 Å². The molecular formula is C15H21FN2O2. The Balaban J connectivity index is 2.06. The van der Waals surface area contributed by atoms with Gasteiger partial charge >= 0.3 is 6.03 Å². The summed E-state index contributed by atoms with van der Waals surface area (Å²) >= 11 is 0. The van der Waals surface area contributed by atoms with Crippen LogP contribution in [0.4, 0.5) is 14.9 Å².